The first kappa shape index (κ1) is 13.6. The summed E-state index contributed by atoms with van der Waals surface area (Å²) in [4.78, 5) is 0. The molecule has 1 saturated carbocycles. The summed E-state index contributed by atoms with van der Waals surface area (Å²) in [6.07, 6.45) is 8.19. The van der Waals surface area contributed by atoms with Crippen LogP contribution >= 0.6 is 11.6 Å². The number of fused-ring (bicyclic) bond motifs is 1. The van der Waals surface area contributed by atoms with E-state index in [-0.39, 0.29) is 5.41 Å². The molecule has 2 aromatic rings. The van der Waals surface area contributed by atoms with E-state index in [0.717, 1.165) is 29.0 Å². The molecule has 3 nitrogen and oxygen atoms in total. The molecule has 1 aromatic heterocycles. The van der Waals surface area contributed by atoms with Gasteiger partial charge in [0.2, 0.25) is 0 Å². The number of nitrogens with one attached hydrogen (secondary N) is 1. The van der Waals surface area contributed by atoms with Gasteiger partial charge in [-0.05, 0) is 18.9 Å². The standard InChI is InChI=1S/C16H20ClN3/c17-11-16(8-4-1-5-9-16)12-18-15-10-19-20-14-7-3-2-6-13(14)15/h2-3,6-7,10H,1,4-5,8-9,11-12H2,(H,18,20). The lowest BCUT2D eigenvalue weighted by molar-refractivity contribution is 0.238. The van der Waals surface area contributed by atoms with Crippen LogP contribution in [-0.2, 0) is 0 Å². The zero-order valence-electron chi connectivity index (χ0n) is 11.6. The minimum absolute atomic E-state index is 0.240. The highest BCUT2D eigenvalue weighted by molar-refractivity contribution is 6.18. The van der Waals surface area contributed by atoms with E-state index >= 15 is 0 Å². The number of hydrogen-bond acceptors (Lipinski definition) is 3. The molecule has 0 amide bonds. The van der Waals surface area contributed by atoms with Crippen molar-refractivity contribution in [2.75, 3.05) is 17.7 Å². The van der Waals surface area contributed by atoms with E-state index in [0.29, 0.717) is 0 Å². The summed E-state index contributed by atoms with van der Waals surface area (Å²) >= 11 is 6.25. The Balaban J connectivity index is 1.79. The Kier molecular flexibility index (Phi) is 4.06. The Hall–Kier alpha value is -1.35. The normalized spacial score (nSPS) is 18.1. The molecule has 106 valence electrons. The predicted molar refractivity (Wildman–Crippen MR) is 84.3 cm³/mol. The molecule has 1 heterocycles. The lowest BCUT2D eigenvalue weighted by Gasteiger charge is -2.36. The van der Waals surface area contributed by atoms with Gasteiger partial charge >= 0.3 is 0 Å². The van der Waals surface area contributed by atoms with Crippen LogP contribution in [0.5, 0.6) is 0 Å². The van der Waals surface area contributed by atoms with E-state index < -0.39 is 0 Å². The molecule has 3 rings (SSSR count). The van der Waals surface area contributed by atoms with Gasteiger partial charge in [0.05, 0.1) is 17.4 Å². The second-order valence-corrected chi connectivity index (χ2v) is 6.09. The summed E-state index contributed by atoms with van der Waals surface area (Å²) in [7, 11) is 0. The van der Waals surface area contributed by atoms with Crippen LogP contribution in [0.3, 0.4) is 0 Å². The fourth-order valence-corrected chi connectivity index (χ4v) is 3.45. The van der Waals surface area contributed by atoms with Crippen LogP contribution in [0.2, 0.25) is 0 Å². The quantitative estimate of drug-likeness (QED) is 0.856. The van der Waals surface area contributed by atoms with Crippen molar-refractivity contribution in [3.05, 3.63) is 30.5 Å². The number of aromatic nitrogens is 2. The van der Waals surface area contributed by atoms with Gasteiger partial charge in [0.1, 0.15) is 0 Å². The first-order chi connectivity index (χ1) is 9.83. The highest BCUT2D eigenvalue weighted by Gasteiger charge is 2.31. The summed E-state index contributed by atoms with van der Waals surface area (Å²) in [6.45, 7) is 0.923. The van der Waals surface area contributed by atoms with Crippen LogP contribution in [0.25, 0.3) is 10.9 Å². The number of alkyl halides is 1. The Bertz CT molecular complexity index is 573. The van der Waals surface area contributed by atoms with E-state index in [1.54, 1.807) is 0 Å². The fourth-order valence-electron chi connectivity index (χ4n) is 3.09. The second kappa shape index (κ2) is 5.96. The molecule has 1 aromatic carbocycles. The van der Waals surface area contributed by atoms with Crippen LogP contribution in [0, 0.1) is 5.41 Å². The van der Waals surface area contributed by atoms with Crippen LogP contribution < -0.4 is 5.32 Å². The third-order valence-corrected chi connectivity index (χ3v) is 4.96. The van der Waals surface area contributed by atoms with E-state index in [1.165, 1.54) is 32.1 Å². The first-order valence-corrected chi connectivity index (χ1v) is 7.87. The maximum atomic E-state index is 6.25. The lowest BCUT2D eigenvalue weighted by Crippen LogP contribution is -2.34. The average molecular weight is 290 g/mol. The van der Waals surface area contributed by atoms with Crippen molar-refractivity contribution in [2.24, 2.45) is 5.41 Å². The van der Waals surface area contributed by atoms with Gasteiger partial charge in [-0.1, -0.05) is 37.5 Å². The minimum Gasteiger partial charge on any atom is -0.383 e. The van der Waals surface area contributed by atoms with Crippen LogP contribution in [-0.4, -0.2) is 22.6 Å². The topological polar surface area (TPSA) is 37.8 Å². The summed E-state index contributed by atoms with van der Waals surface area (Å²) in [5.74, 6) is 0.733. The fraction of sp³-hybridized carbons (Fsp3) is 0.500. The predicted octanol–water partition coefficient (Wildman–Crippen LogP) is 4.23. The third kappa shape index (κ3) is 2.73. The van der Waals surface area contributed by atoms with E-state index in [9.17, 15) is 0 Å². The second-order valence-electron chi connectivity index (χ2n) is 5.82. The number of halogens is 1. The van der Waals surface area contributed by atoms with Gasteiger partial charge in [-0.15, -0.1) is 11.6 Å². The third-order valence-electron chi connectivity index (χ3n) is 4.40. The van der Waals surface area contributed by atoms with E-state index in [2.05, 4.69) is 21.6 Å². The molecule has 0 atom stereocenters. The summed E-state index contributed by atoms with van der Waals surface area (Å²) in [5, 5.41) is 12.9. The van der Waals surface area contributed by atoms with Crippen molar-refractivity contribution in [2.45, 2.75) is 32.1 Å². The molecule has 1 aliphatic rings. The largest absolute Gasteiger partial charge is 0.383 e. The minimum atomic E-state index is 0.240. The lowest BCUT2D eigenvalue weighted by atomic mass is 9.75. The van der Waals surface area contributed by atoms with E-state index in [1.807, 2.05) is 24.4 Å². The molecule has 0 aliphatic heterocycles. The molecular formula is C16H20ClN3. The van der Waals surface area contributed by atoms with Crippen molar-refractivity contribution in [1.82, 2.24) is 10.2 Å². The Morgan fingerprint density at radius 2 is 1.95 bits per heavy atom. The number of anilines is 1. The van der Waals surface area contributed by atoms with Gasteiger partial charge in [-0.25, -0.2) is 0 Å². The zero-order valence-corrected chi connectivity index (χ0v) is 12.4. The molecule has 0 unspecified atom stereocenters. The van der Waals surface area contributed by atoms with Gasteiger partial charge in [-0.2, -0.15) is 10.2 Å². The molecule has 1 aliphatic carbocycles. The molecular weight excluding hydrogens is 270 g/mol. The van der Waals surface area contributed by atoms with Gasteiger partial charge in [0, 0.05) is 23.2 Å². The molecule has 0 radical (unpaired) electrons. The molecule has 0 saturated heterocycles. The number of nitrogens with zero attached hydrogens (tertiary/aromatic N) is 2. The Morgan fingerprint density at radius 1 is 1.15 bits per heavy atom. The highest BCUT2D eigenvalue weighted by Crippen LogP contribution is 2.37. The van der Waals surface area contributed by atoms with Crippen molar-refractivity contribution in [1.29, 1.82) is 0 Å². The Labute approximate surface area is 124 Å². The van der Waals surface area contributed by atoms with E-state index in [4.69, 9.17) is 11.6 Å². The molecule has 1 fully saturated rings. The SMILES string of the molecule is ClCC1(CNc2cnnc3ccccc23)CCCCC1. The number of rotatable bonds is 4. The smallest absolute Gasteiger partial charge is 0.0950 e. The molecule has 1 N–H and O–H groups in total. The van der Waals surface area contributed by atoms with Crippen molar-refractivity contribution in [3.63, 3.8) is 0 Å². The first-order valence-electron chi connectivity index (χ1n) is 7.33. The van der Waals surface area contributed by atoms with Gasteiger partial charge < -0.3 is 5.32 Å². The number of hydrogen-bond donors (Lipinski definition) is 1. The molecule has 0 spiro atoms. The van der Waals surface area contributed by atoms with Crippen LogP contribution in [0.1, 0.15) is 32.1 Å². The molecule has 4 heteroatoms. The zero-order chi connectivity index (χ0) is 13.8. The van der Waals surface area contributed by atoms with Gasteiger partial charge in [0.25, 0.3) is 0 Å². The maximum absolute atomic E-state index is 6.25. The van der Waals surface area contributed by atoms with Crippen molar-refractivity contribution >= 4 is 28.2 Å². The summed E-state index contributed by atoms with van der Waals surface area (Å²) in [5.41, 5.74) is 2.23. The Morgan fingerprint density at radius 3 is 2.75 bits per heavy atom. The van der Waals surface area contributed by atoms with Crippen molar-refractivity contribution < 1.29 is 0 Å². The number of benzene rings is 1. The summed E-state index contributed by atoms with van der Waals surface area (Å²) < 4.78 is 0. The monoisotopic (exact) mass is 289 g/mol. The summed E-state index contributed by atoms with van der Waals surface area (Å²) in [6, 6.07) is 8.10. The van der Waals surface area contributed by atoms with Gasteiger partial charge in [0.15, 0.2) is 0 Å². The van der Waals surface area contributed by atoms with Crippen LogP contribution in [0.4, 0.5) is 5.69 Å². The molecule has 20 heavy (non-hydrogen) atoms. The maximum Gasteiger partial charge on any atom is 0.0950 e. The molecule has 0 bridgehead atoms. The van der Waals surface area contributed by atoms with Crippen LogP contribution in [0.15, 0.2) is 30.5 Å². The highest BCUT2D eigenvalue weighted by atomic mass is 35.5. The van der Waals surface area contributed by atoms with Gasteiger partial charge in [-0.3, -0.25) is 0 Å². The van der Waals surface area contributed by atoms with Crippen molar-refractivity contribution in [3.8, 4) is 0 Å². The average Bonchev–Trinajstić information content (AvgIpc) is 2.54.